The number of sulfonamides is 1. The molecule has 1 aromatic heterocycles. The molecule has 0 saturated carbocycles. The van der Waals surface area contributed by atoms with Crippen molar-refractivity contribution in [2.45, 2.75) is 11.8 Å². The molecule has 0 bridgehead atoms. The zero-order valence-electron chi connectivity index (χ0n) is 9.95. The van der Waals surface area contributed by atoms with E-state index in [1.54, 1.807) is 12.1 Å². The third-order valence-corrected chi connectivity index (χ3v) is 4.88. The summed E-state index contributed by atoms with van der Waals surface area (Å²) in [6, 6.07) is 9.20. The van der Waals surface area contributed by atoms with Gasteiger partial charge in [-0.25, -0.2) is 13.2 Å². The van der Waals surface area contributed by atoms with E-state index in [1.807, 2.05) is 6.92 Å². The Morgan fingerprint density at radius 2 is 1.79 bits per heavy atom. The van der Waals surface area contributed by atoms with E-state index in [4.69, 9.17) is 5.11 Å². The van der Waals surface area contributed by atoms with Gasteiger partial charge < -0.3 is 5.11 Å². The van der Waals surface area contributed by atoms with Gasteiger partial charge in [0.05, 0.1) is 4.90 Å². The predicted octanol–water partition coefficient (Wildman–Crippen LogP) is 2.56. The Morgan fingerprint density at radius 3 is 2.32 bits per heavy atom. The van der Waals surface area contributed by atoms with Crippen LogP contribution < -0.4 is 4.72 Å². The standard InChI is InChI=1S/C12H11NO4S2/c1-8-2-4-9(5-3-8)19(16,17)13-11-7-6-10(18-11)12(14)15/h2-7,13H,1H3,(H,14,15). The second kappa shape index (κ2) is 5.02. The van der Waals surface area contributed by atoms with Gasteiger partial charge in [0.25, 0.3) is 10.0 Å². The van der Waals surface area contributed by atoms with Gasteiger partial charge in [0.1, 0.15) is 9.88 Å². The minimum Gasteiger partial charge on any atom is -0.477 e. The molecule has 2 aromatic rings. The molecule has 0 atom stereocenters. The van der Waals surface area contributed by atoms with Crippen LogP contribution in [0, 0.1) is 6.92 Å². The summed E-state index contributed by atoms with van der Waals surface area (Å²) in [6.45, 7) is 1.86. The zero-order chi connectivity index (χ0) is 14.0. The van der Waals surface area contributed by atoms with Gasteiger partial charge in [-0.2, -0.15) is 0 Å². The van der Waals surface area contributed by atoms with Crippen LogP contribution in [0.25, 0.3) is 0 Å². The first-order valence-electron chi connectivity index (χ1n) is 5.31. The summed E-state index contributed by atoms with van der Waals surface area (Å²) in [4.78, 5) is 10.9. The number of nitrogens with one attached hydrogen (secondary N) is 1. The SMILES string of the molecule is Cc1ccc(S(=O)(=O)Nc2ccc(C(=O)O)s2)cc1. The number of aromatic carboxylic acids is 1. The van der Waals surface area contributed by atoms with Crippen molar-refractivity contribution < 1.29 is 18.3 Å². The molecule has 1 aromatic carbocycles. The summed E-state index contributed by atoms with van der Waals surface area (Å²) in [7, 11) is -3.67. The second-order valence-electron chi connectivity index (χ2n) is 3.89. The van der Waals surface area contributed by atoms with Gasteiger partial charge in [-0.15, -0.1) is 11.3 Å². The maximum Gasteiger partial charge on any atom is 0.345 e. The molecule has 0 aliphatic carbocycles. The van der Waals surface area contributed by atoms with Crippen LogP contribution in [-0.2, 0) is 10.0 Å². The molecular formula is C12H11NO4S2. The Labute approximate surface area is 114 Å². The van der Waals surface area contributed by atoms with Crippen molar-refractivity contribution in [1.29, 1.82) is 0 Å². The average Bonchev–Trinajstić information content (AvgIpc) is 2.77. The lowest BCUT2D eigenvalue weighted by molar-refractivity contribution is 0.0702. The van der Waals surface area contributed by atoms with Crippen molar-refractivity contribution in [2.75, 3.05) is 4.72 Å². The van der Waals surface area contributed by atoms with Crippen molar-refractivity contribution in [1.82, 2.24) is 0 Å². The first-order valence-corrected chi connectivity index (χ1v) is 7.61. The van der Waals surface area contributed by atoms with Crippen molar-refractivity contribution in [3.63, 3.8) is 0 Å². The quantitative estimate of drug-likeness (QED) is 0.908. The summed E-state index contributed by atoms with van der Waals surface area (Å²) in [6.07, 6.45) is 0. The largest absolute Gasteiger partial charge is 0.477 e. The molecule has 2 N–H and O–H groups in total. The molecule has 100 valence electrons. The number of carboxylic acid groups (broad SMARTS) is 1. The Morgan fingerprint density at radius 1 is 1.16 bits per heavy atom. The number of aryl methyl sites for hydroxylation is 1. The van der Waals surface area contributed by atoms with Gasteiger partial charge in [0.2, 0.25) is 0 Å². The second-order valence-corrected chi connectivity index (χ2v) is 6.65. The fraction of sp³-hybridized carbons (Fsp3) is 0.0833. The van der Waals surface area contributed by atoms with Crippen LogP contribution in [0.3, 0.4) is 0 Å². The van der Waals surface area contributed by atoms with Crippen LogP contribution in [-0.4, -0.2) is 19.5 Å². The zero-order valence-corrected chi connectivity index (χ0v) is 11.6. The fourth-order valence-corrected chi connectivity index (χ4v) is 3.45. The number of hydrogen-bond acceptors (Lipinski definition) is 4. The monoisotopic (exact) mass is 297 g/mol. The van der Waals surface area contributed by atoms with Crippen LogP contribution in [0.5, 0.6) is 0 Å². The first kappa shape index (κ1) is 13.6. The van der Waals surface area contributed by atoms with Crippen molar-refractivity contribution in [3.8, 4) is 0 Å². The van der Waals surface area contributed by atoms with Gasteiger partial charge >= 0.3 is 5.97 Å². The van der Waals surface area contributed by atoms with Crippen molar-refractivity contribution in [3.05, 3.63) is 46.8 Å². The number of thiophene rings is 1. The summed E-state index contributed by atoms with van der Waals surface area (Å²) in [5.41, 5.74) is 0.961. The molecule has 5 nitrogen and oxygen atoms in total. The van der Waals surface area contributed by atoms with E-state index in [2.05, 4.69) is 4.72 Å². The molecule has 0 spiro atoms. The molecule has 0 aliphatic rings. The maximum atomic E-state index is 12.0. The van der Waals surface area contributed by atoms with Crippen LogP contribution in [0.2, 0.25) is 0 Å². The summed E-state index contributed by atoms with van der Waals surface area (Å²) < 4.78 is 26.4. The van der Waals surface area contributed by atoms with Crippen LogP contribution in [0.15, 0.2) is 41.3 Å². The molecule has 2 rings (SSSR count). The van der Waals surface area contributed by atoms with Gasteiger partial charge in [0, 0.05) is 0 Å². The van der Waals surface area contributed by atoms with Gasteiger partial charge in [-0.3, -0.25) is 4.72 Å². The molecule has 0 fully saturated rings. The van der Waals surface area contributed by atoms with E-state index in [0.717, 1.165) is 16.9 Å². The smallest absolute Gasteiger partial charge is 0.345 e. The van der Waals surface area contributed by atoms with Crippen molar-refractivity contribution in [2.24, 2.45) is 0 Å². The molecular weight excluding hydrogens is 286 g/mol. The number of carbonyl (C=O) groups is 1. The molecule has 0 radical (unpaired) electrons. The maximum absolute atomic E-state index is 12.0. The Bertz CT molecular complexity index is 702. The van der Waals surface area contributed by atoms with Crippen LogP contribution in [0.1, 0.15) is 15.2 Å². The van der Waals surface area contributed by atoms with Gasteiger partial charge in [-0.1, -0.05) is 17.7 Å². The van der Waals surface area contributed by atoms with E-state index in [9.17, 15) is 13.2 Å². The van der Waals surface area contributed by atoms with Gasteiger partial charge in [-0.05, 0) is 31.2 Å². The summed E-state index contributed by atoms with van der Waals surface area (Å²) in [5.74, 6) is -1.08. The normalized spacial score (nSPS) is 11.2. The van der Waals surface area contributed by atoms with Crippen LogP contribution >= 0.6 is 11.3 Å². The Hall–Kier alpha value is -1.86. The van der Waals surface area contributed by atoms with Crippen LogP contribution in [0.4, 0.5) is 5.00 Å². The topological polar surface area (TPSA) is 83.5 Å². The lowest BCUT2D eigenvalue weighted by Crippen LogP contribution is -2.11. The lowest BCUT2D eigenvalue weighted by Gasteiger charge is -2.05. The highest BCUT2D eigenvalue weighted by molar-refractivity contribution is 7.93. The van der Waals surface area contributed by atoms with E-state index in [0.29, 0.717) is 0 Å². The third-order valence-electron chi connectivity index (χ3n) is 2.38. The fourth-order valence-electron chi connectivity index (χ4n) is 1.42. The number of anilines is 1. The molecule has 1 heterocycles. The summed E-state index contributed by atoms with van der Waals surface area (Å²) >= 11 is 0.876. The Balaban J connectivity index is 2.25. The number of carboxylic acids is 1. The average molecular weight is 297 g/mol. The van der Waals surface area contributed by atoms with E-state index in [1.165, 1.54) is 24.3 Å². The number of benzene rings is 1. The highest BCUT2D eigenvalue weighted by Gasteiger charge is 2.16. The molecule has 19 heavy (non-hydrogen) atoms. The number of hydrogen-bond donors (Lipinski definition) is 2. The summed E-state index contributed by atoms with van der Waals surface area (Å²) in [5, 5.41) is 9.05. The molecule has 0 unspecified atom stereocenters. The van der Waals surface area contributed by atoms with Crippen molar-refractivity contribution >= 4 is 32.3 Å². The predicted molar refractivity (Wildman–Crippen MR) is 73.3 cm³/mol. The highest BCUT2D eigenvalue weighted by Crippen LogP contribution is 2.24. The van der Waals surface area contributed by atoms with Gasteiger partial charge in [0.15, 0.2) is 0 Å². The van der Waals surface area contributed by atoms with E-state index < -0.39 is 16.0 Å². The highest BCUT2D eigenvalue weighted by atomic mass is 32.2. The molecule has 7 heteroatoms. The minimum absolute atomic E-state index is 0.0848. The first-order chi connectivity index (χ1) is 8.88. The third kappa shape index (κ3) is 3.12. The van der Waals surface area contributed by atoms with E-state index >= 15 is 0 Å². The number of rotatable bonds is 4. The molecule has 0 aliphatic heterocycles. The van der Waals surface area contributed by atoms with E-state index in [-0.39, 0.29) is 14.8 Å². The Kier molecular flexibility index (Phi) is 3.59. The molecule has 0 saturated heterocycles. The molecule has 0 amide bonds. The minimum atomic E-state index is -3.67. The lowest BCUT2D eigenvalue weighted by atomic mass is 10.2.